The zero-order chi connectivity index (χ0) is 62.5. The molecule has 0 radical (unpaired) electrons. The molecule has 14 rings (SSSR count). The summed E-state index contributed by atoms with van der Waals surface area (Å²) in [6.45, 7) is 0. The van der Waals surface area contributed by atoms with Crippen LogP contribution in [0.4, 0.5) is 0 Å². The van der Waals surface area contributed by atoms with Gasteiger partial charge in [0.05, 0.1) is 23.9 Å². The minimum absolute atomic E-state index is 0.147. The van der Waals surface area contributed by atoms with Gasteiger partial charge >= 0.3 is 11.6 Å². The summed E-state index contributed by atoms with van der Waals surface area (Å²) in [5.74, 6) is -31.1. The molecule has 0 amide bonds. The molecule has 8 aromatic carbocycles. The van der Waals surface area contributed by atoms with Crippen molar-refractivity contribution >= 4 is 0 Å². The number of phenols is 18. The third-order valence-corrected chi connectivity index (χ3v) is 17.1. The predicted molar refractivity (Wildman–Crippen MR) is 287 cm³/mol. The van der Waals surface area contributed by atoms with Gasteiger partial charge < -0.3 is 141 Å². The Morgan fingerprint density at radius 1 is 0.318 bits per heavy atom. The van der Waals surface area contributed by atoms with E-state index in [-0.39, 0.29) is 39.1 Å². The largest absolute Gasteiger partial charge is 0.508 e. The molecule has 0 saturated heterocycles. The molecule has 8 aromatic rings. The van der Waals surface area contributed by atoms with Crippen molar-refractivity contribution in [3.8, 4) is 138 Å². The zero-order valence-electron chi connectivity index (χ0n) is 44.2. The van der Waals surface area contributed by atoms with Crippen LogP contribution in [0.1, 0.15) is 91.2 Å². The van der Waals surface area contributed by atoms with E-state index in [0.29, 0.717) is 0 Å². The van der Waals surface area contributed by atoms with Gasteiger partial charge in [-0.1, -0.05) is 0 Å². The SMILES string of the molecule is Oc1cc(O)c2c(c1)O[C@]1(c3cc(O)c(O)c(O)c3)Oc3cc(O)c4c(c3[C@H]2C1O)O[C@H](c1cc(O)c(O)c(O)c1)[C@@H](O)[C@@H]4c1c(O)cc(O)c2c1O[C@]1(c3cc(O)c(O)c(O)c3)Oc3cc(O)c4c(c3[C@H]2C1O)O[C@H](c1cc(O)c(O)c(O)c1)[C@@H](O)C4. The molecule has 28 nitrogen and oxygen atoms in total. The highest BCUT2D eigenvalue weighted by molar-refractivity contribution is 5.75. The van der Waals surface area contributed by atoms with Crippen LogP contribution in [0.2, 0.25) is 0 Å². The van der Waals surface area contributed by atoms with Crippen molar-refractivity contribution in [3.05, 3.63) is 140 Å². The average Bonchev–Trinajstić information content (AvgIpc) is 0.693. The lowest BCUT2D eigenvalue weighted by molar-refractivity contribution is -0.219. The van der Waals surface area contributed by atoms with Gasteiger partial charge in [-0.15, -0.1) is 0 Å². The maximum absolute atomic E-state index is 13.2. The van der Waals surface area contributed by atoms with E-state index in [9.17, 15) is 112 Å². The molecular formula is C60H46O28. The second-order valence-corrected chi connectivity index (χ2v) is 22.1. The number of hydrogen-bond acceptors (Lipinski definition) is 28. The summed E-state index contributed by atoms with van der Waals surface area (Å²) in [6, 6.07) is 11.3. The fourth-order valence-electron chi connectivity index (χ4n) is 13.2. The van der Waals surface area contributed by atoms with Crippen LogP contribution in [0.3, 0.4) is 0 Å². The van der Waals surface area contributed by atoms with Gasteiger partial charge in [-0.3, -0.25) is 0 Å². The van der Waals surface area contributed by atoms with Crippen LogP contribution in [0.15, 0.2) is 78.9 Å². The molecule has 6 aliphatic heterocycles. The molecule has 454 valence electrons. The Labute approximate surface area is 489 Å². The lowest BCUT2D eigenvalue weighted by Gasteiger charge is -2.52. The lowest BCUT2D eigenvalue weighted by atomic mass is 9.70. The standard InChI is InChI=1S/C60H46O28/c61-19-9-22(63)38-35(10-19)85-59(17-5-30(71)49(78)31(72)6-17)57(81)45(38)43-37(86-59)14-25(66)39-44(51(80)53(84-55(39)43)16-3-28(69)48(77)29(70)4-16)40-23(64)12-24(65)41-46-42-36(87-60(58(46)82,88-56(40)41)18-7-32(73)50(79)33(74)8-18)13-21(62)20-11-34(75)52(83-54(20)42)15-1-26(67)47(76)27(68)2-15/h1-10,12-14,34,44-46,51-53,57-58,61-82H,11H2/t34-,44-,45-,46-,51-,52+,53+,57?,58?,59+,60-/m0/s1. The maximum Gasteiger partial charge on any atom is 0.305 e. The fourth-order valence-corrected chi connectivity index (χ4v) is 13.2. The Balaban J connectivity index is 1.06. The molecule has 22 N–H and O–H groups in total. The Morgan fingerprint density at radius 3 is 1.20 bits per heavy atom. The summed E-state index contributed by atoms with van der Waals surface area (Å²) in [4.78, 5) is 0. The van der Waals surface area contributed by atoms with Gasteiger partial charge in [-0.05, 0) is 48.5 Å². The Morgan fingerprint density at radius 2 is 0.693 bits per heavy atom. The lowest BCUT2D eigenvalue weighted by Crippen LogP contribution is -2.58. The Hall–Kier alpha value is -11.2. The molecule has 11 atom stereocenters. The smallest absolute Gasteiger partial charge is 0.305 e. The van der Waals surface area contributed by atoms with Crippen molar-refractivity contribution in [2.45, 2.75) is 72.4 Å². The van der Waals surface area contributed by atoms with Gasteiger partial charge in [-0.2, -0.15) is 0 Å². The highest BCUT2D eigenvalue weighted by Gasteiger charge is 2.64. The van der Waals surface area contributed by atoms with Gasteiger partial charge in [0.15, 0.2) is 81.2 Å². The topological polar surface area (TPSA) is 500 Å². The van der Waals surface area contributed by atoms with E-state index in [4.69, 9.17) is 28.4 Å². The summed E-state index contributed by atoms with van der Waals surface area (Å²) in [5, 5.41) is 251. The summed E-state index contributed by atoms with van der Waals surface area (Å²) < 4.78 is 39.1. The molecule has 4 bridgehead atoms. The van der Waals surface area contributed by atoms with Crippen LogP contribution in [-0.2, 0) is 18.0 Å². The molecule has 0 spiro atoms. The van der Waals surface area contributed by atoms with E-state index in [1.54, 1.807) is 0 Å². The second kappa shape index (κ2) is 18.2. The summed E-state index contributed by atoms with van der Waals surface area (Å²) in [5.41, 5.74) is -4.42. The van der Waals surface area contributed by atoms with Crippen LogP contribution in [0.5, 0.6) is 138 Å². The maximum atomic E-state index is 13.2. The van der Waals surface area contributed by atoms with Crippen molar-refractivity contribution in [1.29, 1.82) is 0 Å². The normalized spacial score (nSPS) is 25.7. The van der Waals surface area contributed by atoms with Gasteiger partial charge in [0.2, 0.25) is 0 Å². The van der Waals surface area contributed by atoms with E-state index < -0.39 is 232 Å². The number of rotatable bonds is 5. The van der Waals surface area contributed by atoms with Crippen LogP contribution in [-0.4, -0.2) is 137 Å². The predicted octanol–water partition coefficient (Wildman–Crippen LogP) is 4.31. The van der Waals surface area contributed by atoms with Crippen molar-refractivity contribution in [3.63, 3.8) is 0 Å². The molecule has 2 unspecified atom stereocenters. The number of phenolic OH excluding ortho intramolecular Hbond substituents is 18. The number of aliphatic hydroxyl groups is 4. The molecule has 88 heavy (non-hydrogen) atoms. The minimum atomic E-state index is -2.93. The van der Waals surface area contributed by atoms with Crippen molar-refractivity contribution in [2.75, 3.05) is 0 Å². The fraction of sp³-hybridized carbons (Fsp3) is 0.200. The Kier molecular flexibility index (Phi) is 11.3. The third kappa shape index (κ3) is 7.27. The monoisotopic (exact) mass is 1210 g/mol. The van der Waals surface area contributed by atoms with Crippen molar-refractivity contribution < 1.29 is 141 Å². The van der Waals surface area contributed by atoms with Gasteiger partial charge in [0, 0.05) is 98.0 Å². The van der Waals surface area contributed by atoms with Crippen LogP contribution >= 0.6 is 0 Å². The minimum Gasteiger partial charge on any atom is -0.508 e. The van der Waals surface area contributed by atoms with E-state index in [1.807, 2.05) is 0 Å². The number of aliphatic hydroxyl groups excluding tert-OH is 4. The average molecular weight is 1220 g/mol. The molecule has 0 fully saturated rings. The molecule has 0 aromatic heterocycles. The molecule has 6 heterocycles. The number of hydrogen-bond donors (Lipinski definition) is 22. The molecular weight excluding hydrogens is 1170 g/mol. The quantitative estimate of drug-likeness (QED) is 0.107. The Bertz CT molecular complexity index is 4320. The summed E-state index contributed by atoms with van der Waals surface area (Å²) in [6.07, 6.45) is -12.5. The van der Waals surface area contributed by atoms with Gasteiger partial charge in [0.1, 0.15) is 87.3 Å². The molecule has 6 aliphatic rings. The van der Waals surface area contributed by atoms with Crippen LogP contribution < -0.4 is 28.4 Å². The third-order valence-electron chi connectivity index (χ3n) is 17.1. The second-order valence-electron chi connectivity index (χ2n) is 22.1. The first kappa shape index (κ1) is 54.7. The van der Waals surface area contributed by atoms with Crippen LogP contribution in [0, 0.1) is 0 Å². The van der Waals surface area contributed by atoms with E-state index >= 15 is 0 Å². The summed E-state index contributed by atoms with van der Waals surface area (Å²) >= 11 is 0. The molecule has 28 heteroatoms. The van der Waals surface area contributed by atoms with Crippen molar-refractivity contribution in [1.82, 2.24) is 0 Å². The van der Waals surface area contributed by atoms with Gasteiger partial charge in [0.25, 0.3) is 0 Å². The highest BCUT2D eigenvalue weighted by Crippen LogP contribution is 2.69. The van der Waals surface area contributed by atoms with Crippen LogP contribution in [0.25, 0.3) is 0 Å². The molecule has 0 saturated carbocycles. The number of benzene rings is 8. The summed E-state index contributed by atoms with van der Waals surface area (Å²) in [7, 11) is 0. The zero-order valence-corrected chi connectivity index (χ0v) is 44.2. The van der Waals surface area contributed by atoms with E-state index in [1.165, 1.54) is 0 Å². The first-order chi connectivity index (χ1) is 41.6. The highest BCUT2D eigenvalue weighted by atomic mass is 16.7. The number of aromatic hydroxyl groups is 18. The first-order valence-corrected chi connectivity index (χ1v) is 26.4. The van der Waals surface area contributed by atoms with E-state index in [0.717, 1.165) is 78.9 Å². The van der Waals surface area contributed by atoms with Crippen molar-refractivity contribution in [2.24, 2.45) is 0 Å². The molecule has 0 aliphatic carbocycles. The number of fused-ring (bicyclic) bond motifs is 16. The number of ether oxygens (including phenoxy) is 6. The van der Waals surface area contributed by atoms with Gasteiger partial charge in [-0.25, -0.2) is 0 Å². The first-order valence-electron chi connectivity index (χ1n) is 26.4. The van der Waals surface area contributed by atoms with E-state index in [2.05, 4.69) is 0 Å².